The van der Waals surface area contributed by atoms with E-state index in [1.54, 1.807) is 0 Å². The zero-order chi connectivity index (χ0) is 15.4. The molecule has 2 N–H and O–H groups in total. The fourth-order valence-electron chi connectivity index (χ4n) is 1.92. The lowest BCUT2D eigenvalue weighted by molar-refractivity contribution is 0.915. The smallest absolute Gasteiger partial charge is 0.171 e. The van der Waals surface area contributed by atoms with Gasteiger partial charge in [-0.3, -0.25) is 0 Å². The van der Waals surface area contributed by atoms with Crippen molar-refractivity contribution in [2.45, 2.75) is 20.4 Å². The largest absolute Gasteiger partial charge is 0.358 e. The van der Waals surface area contributed by atoms with E-state index in [0.29, 0.717) is 16.7 Å². The molecule has 0 amide bonds. The summed E-state index contributed by atoms with van der Waals surface area (Å²) in [6.45, 7) is 4.66. The summed E-state index contributed by atoms with van der Waals surface area (Å²) in [5.74, 6) is 0. The van der Waals surface area contributed by atoms with Crippen LogP contribution in [0, 0.1) is 13.8 Å². The number of benzene rings is 2. The van der Waals surface area contributed by atoms with Gasteiger partial charge in [0.2, 0.25) is 0 Å². The van der Waals surface area contributed by atoms with E-state index in [0.717, 1.165) is 27.4 Å². The molecule has 0 spiro atoms. The van der Waals surface area contributed by atoms with Crippen LogP contribution in [0.4, 0.5) is 5.69 Å². The molecule has 0 aliphatic rings. The van der Waals surface area contributed by atoms with Crippen LogP contribution in [0.15, 0.2) is 36.4 Å². The lowest BCUT2D eigenvalue weighted by Gasteiger charge is -2.13. The van der Waals surface area contributed by atoms with Crippen molar-refractivity contribution in [3.05, 3.63) is 63.1 Å². The lowest BCUT2D eigenvalue weighted by atomic mass is 10.1. The Labute approximate surface area is 140 Å². The van der Waals surface area contributed by atoms with E-state index in [4.69, 9.17) is 35.4 Å². The van der Waals surface area contributed by atoms with Crippen LogP contribution < -0.4 is 10.6 Å². The second-order valence-corrected chi connectivity index (χ2v) is 6.11. The maximum absolute atomic E-state index is 6.17. The second-order valence-electron chi connectivity index (χ2n) is 4.86. The second kappa shape index (κ2) is 7.12. The van der Waals surface area contributed by atoms with Gasteiger partial charge in [-0.05, 0) is 67.0 Å². The Morgan fingerprint density at radius 2 is 1.86 bits per heavy atom. The molecule has 5 heteroatoms. The van der Waals surface area contributed by atoms with Crippen LogP contribution >= 0.6 is 35.4 Å². The predicted octanol–water partition coefficient (Wildman–Crippen LogP) is 5.10. The molecular weight excluding hydrogens is 323 g/mol. The molecule has 0 fully saturated rings. The van der Waals surface area contributed by atoms with Crippen molar-refractivity contribution in [2.75, 3.05) is 5.32 Å². The summed E-state index contributed by atoms with van der Waals surface area (Å²) >= 11 is 17.4. The molecule has 0 bridgehead atoms. The van der Waals surface area contributed by atoms with Crippen molar-refractivity contribution in [2.24, 2.45) is 0 Å². The third-order valence-corrected chi connectivity index (χ3v) is 3.91. The summed E-state index contributed by atoms with van der Waals surface area (Å²) in [4.78, 5) is 0. The first-order valence-corrected chi connectivity index (χ1v) is 7.68. The molecule has 2 nitrogen and oxygen atoms in total. The lowest BCUT2D eigenvalue weighted by Crippen LogP contribution is -2.28. The Morgan fingerprint density at radius 1 is 1.10 bits per heavy atom. The van der Waals surface area contributed by atoms with Crippen LogP contribution in [0.25, 0.3) is 0 Å². The van der Waals surface area contributed by atoms with Gasteiger partial charge in [0.05, 0.1) is 10.7 Å². The van der Waals surface area contributed by atoms with Gasteiger partial charge in [-0.2, -0.15) is 0 Å². The molecule has 0 radical (unpaired) electrons. The maximum atomic E-state index is 6.17. The van der Waals surface area contributed by atoms with Crippen LogP contribution in [0.1, 0.15) is 16.7 Å². The van der Waals surface area contributed by atoms with Crippen molar-refractivity contribution in [3.63, 3.8) is 0 Å². The molecule has 2 aromatic rings. The molecular formula is C16H16Cl2N2S. The molecule has 0 saturated carbocycles. The summed E-state index contributed by atoms with van der Waals surface area (Å²) in [7, 11) is 0. The fourth-order valence-corrected chi connectivity index (χ4v) is 2.61. The van der Waals surface area contributed by atoms with Crippen molar-refractivity contribution in [1.82, 2.24) is 5.32 Å². The predicted molar refractivity (Wildman–Crippen MR) is 95.4 cm³/mol. The van der Waals surface area contributed by atoms with E-state index in [2.05, 4.69) is 10.6 Å². The van der Waals surface area contributed by atoms with Crippen LogP contribution in [0.3, 0.4) is 0 Å². The first kappa shape index (κ1) is 16.1. The quantitative estimate of drug-likeness (QED) is 0.761. The molecule has 0 aliphatic carbocycles. The van der Waals surface area contributed by atoms with E-state index < -0.39 is 0 Å². The van der Waals surface area contributed by atoms with Gasteiger partial charge in [0.15, 0.2) is 5.11 Å². The van der Waals surface area contributed by atoms with E-state index in [1.807, 2.05) is 50.2 Å². The Bertz CT molecular complexity index is 671. The third-order valence-electron chi connectivity index (χ3n) is 3.12. The Hall–Kier alpha value is -1.29. The van der Waals surface area contributed by atoms with Crippen LogP contribution in [0.2, 0.25) is 10.0 Å². The van der Waals surface area contributed by atoms with Crippen molar-refractivity contribution in [3.8, 4) is 0 Å². The molecule has 2 aromatic carbocycles. The summed E-state index contributed by atoms with van der Waals surface area (Å²) in [5, 5.41) is 8.20. The average Bonchev–Trinajstić information content (AvgIpc) is 2.41. The SMILES string of the molecule is Cc1ccc(NC(=S)NCc2ccc(Cl)cc2C)c(Cl)c1. The first-order valence-electron chi connectivity index (χ1n) is 6.52. The van der Waals surface area contributed by atoms with E-state index in [1.165, 1.54) is 0 Å². The van der Waals surface area contributed by atoms with E-state index in [9.17, 15) is 0 Å². The number of thiocarbonyl (C=S) groups is 1. The fraction of sp³-hybridized carbons (Fsp3) is 0.188. The highest BCUT2D eigenvalue weighted by Gasteiger charge is 2.04. The molecule has 0 unspecified atom stereocenters. The van der Waals surface area contributed by atoms with Crippen molar-refractivity contribution < 1.29 is 0 Å². The minimum atomic E-state index is 0.537. The van der Waals surface area contributed by atoms with E-state index >= 15 is 0 Å². The van der Waals surface area contributed by atoms with Gasteiger partial charge in [-0.25, -0.2) is 0 Å². The van der Waals surface area contributed by atoms with Gasteiger partial charge >= 0.3 is 0 Å². The van der Waals surface area contributed by atoms with E-state index in [-0.39, 0.29) is 0 Å². The summed E-state index contributed by atoms with van der Waals surface area (Å²) in [5.41, 5.74) is 4.19. The number of rotatable bonds is 3. The van der Waals surface area contributed by atoms with Crippen LogP contribution in [0.5, 0.6) is 0 Å². The highest BCUT2D eigenvalue weighted by Crippen LogP contribution is 2.22. The molecule has 0 atom stereocenters. The molecule has 21 heavy (non-hydrogen) atoms. The Morgan fingerprint density at radius 3 is 2.52 bits per heavy atom. The minimum Gasteiger partial charge on any atom is -0.358 e. The highest BCUT2D eigenvalue weighted by molar-refractivity contribution is 7.80. The minimum absolute atomic E-state index is 0.537. The zero-order valence-electron chi connectivity index (χ0n) is 11.8. The van der Waals surface area contributed by atoms with Gasteiger partial charge in [0.1, 0.15) is 0 Å². The molecule has 0 saturated heterocycles. The molecule has 2 rings (SSSR count). The van der Waals surface area contributed by atoms with Crippen LogP contribution in [-0.4, -0.2) is 5.11 Å². The van der Waals surface area contributed by atoms with Gasteiger partial charge in [0.25, 0.3) is 0 Å². The monoisotopic (exact) mass is 338 g/mol. The maximum Gasteiger partial charge on any atom is 0.171 e. The molecule has 0 aliphatic heterocycles. The highest BCUT2D eigenvalue weighted by atomic mass is 35.5. The van der Waals surface area contributed by atoms with Gasteiger partial charge < -0.3 is 10.6 Å². The molecule has 0 aromatic heterocycles. The normalized spacial score (nSPS) is 10.3. The van der Waals surface area contributed by atoms with Crippen molar-refractivity contribution >= 4 is 46.2 Å². The average molecular weight is 339 g/mol. The van der Waals surface area contributed by atoms with Gasteiger partial charge in [-0.1, -0.05) is 35.3 Å². The number of anilines is 1. The van der Waals surface area contributed by atoms with Crippen molar-refractivity contribution in [1.29, 1.82) is 0 Å². The Kier molecular flexibility index (Phi) is 5.45. The van der Waals surface area contributed by atoms with Gasteiger partial charge in [0, 0.05) is 11.6 Å². The summed E-state index contributed by atoms with van der Waals surface area (Å²) < 4.78 is 0. The molecule has 110 valence electrons. The van der Waals surface area contributed by atoms with Gasteiger partial charge in [-0.15, -0.1) is 0 Å². The summed E-state index contributed by atoms with van der Waals surface area (Å²) in [6, 6.07) is 11.6. The Balaban J connectivity index is 1.96. The van der Waals surface area contributed by atoms with Crippen LogP contribution in [-0.2, 0) is 6.54 Å². The first-order chi connectivity index (χ1) is 9.95. The number of nitrogens with one attached hydrogen (secondary N) is 2. The topological polar surface area (TPSA) is 24.1 Å². The zero-order valence-corrected chi connectivity index (χ0v) is 14.2. The number of halogens is 2. The number of aryl methyl sites for hydroxylation is 2. The number of hydrogen-bond donors (Lipinski definition) is 2. The standard InChI is InChI=1S/C16H16Cl2N2S/c1-10-3-6-15(14(18)7-10)20-16(21)19-9-12-4-5-13(17)8-11(12)2/h3-8H,9H2,1-2H3,(H2,19,20,21). The molecule has 0 heterocycles. The summed E-state index contributed by atoms with van der Waals surface area (Å²) in [6.07, 6.45) is 0. The number of hydrogen-bond acceptors (Lipinski definition) is 1. The third kappa shape index (κ3) is 4.60.